The fourth-order valence-electron chi connectivity index (χ4n) is 3.08. The third-order valence-corrected chi connectivity index (χ3v) is 5.73. The van der Waals surface area contributed by atoms with Crippen LogP contribution in [0.1, 0.15) is 25.8 Å². The number of nitrogens with zero attached hydrogens (tertiary/aromatic N) is 4. The number of methoxy groups -OCH3 is 2. The lowest BCUT2D eigenvalue weighted by Gasteiger charge is -2.10. The Labute approximate surface area is 203 Å². The summed E-state index contributed by atoms with van der Waals surface area (Å²) in [5.74, 6) is 2.68. The van der Waals surface area contributed by atoms with Crippen LogP contribution in [0.25, 0.3) is 11.4 Å². The molecular formula is C24H29N5O4S. The minimum Gasteiger partial charge on any atom is -0.494 e. The molecule has 0 radical (unpaired) electrons. The summed E-state index contributed by atoms with van der Waals surface area (Å²) < 4.78 is 18.2. The number of ether oxygens (including phenoxy) is 3. The second kappa shape index (κ2) is 12.6. The number of hydrazone groups is 1. The molecule has 0 unspecified atom stereocenters. The number of benzene rings is 2. The third kappa shape index (κ3) is 6.50. The SMILES string of the molecule is CCCOc1ccc(/C=N/NC(=O)CSc2nnc(-c3ccc(OC)c(OC)c3)n2CC)cc1. The molecule has 0 aliphatic rings. The van der Waals surface area contributed by atoms with Crippen LogP contribution in [-0.4, -0.2) is 53.5 Å². The van der Waals surface area contributed by atoms with E-state index in [0.717, 1.165) is 23.3 Å². The van der Waals surface area contributed by atoms with Crippen molar-refractivity contribution in [2.45, 2.75) is 32.0 Å². The maximum absolute atomic E-state index is 12.3. The Morgan fingerprint density at radius 2 is 1.85 bits per heavy atom. The summed E-state index contributed by atoms with van der Waals surface area (Å²) in [5.41, 5.74) is 4.25. The molecule has 2 aromatic carbocycles. The van der Waals surface area contributed by atoms with Crippen LogP contribution < -0.4 is 19.6 Å². The van der Waals surface area contributed by atoms with Crippen molar-refractivity contribution in [1.29, 1.82) is 0 Å². The minimum absolute atomic E-state index is 0.158. The smallest absolute Gasteiger partial charge is 0.250 e. The van der Waals surface area contributed by atoms with Crippen molar-refractivity contribution in [3.63, 3.8) is 0 Å². The van der Waals surface area contributed by atoms with Gasteiger partial charge in [0.2, 0.25) is 0 Å². The summed E-state index contributed by atoms with van der Waals surface area (Å²) in [6, 6.07) is 13.1. The van der Waals surface area contributed by atoms with Crippen molar-refractivity contribution < 1.29 is 19.0 Å². The monoisotopic (exact) mass is 483 g/mol. The molecule has 10 heteroatoms. The van der Waals surface area contributed by atoms with Crippen molar-refractivity contribution in [3.8, 4) is 28.6 Å². The number of aromatic nitrogens is 3. The standard InChI is InChI=1S/C24H29N5O4S/c1-5-13-33-19-10-7-17(8-11-19)15-25-26-22(30)16-34-24-28-27-23(29(24)6-2)18-9-12-20(31-3)21(14-18)32-4/h7-12,14-15H,5-6,13,16H2,1-4H3,(H,26,30)/b25-15+. The first kappa shape index (κ1) is 25.1. The number of rotatable bonds is 12. The van der Waals surface area contributed by atoms with Crippen molar-refractivity contribution in [2.75, 3.05) is 26.6 Å². The highest BCUT2D eigenvalue weighted by atomic mass is 32.2. The lowest BCUT2D eigenvalue weighted by Crippen LogP contribution is -2.20. The summed E-state index contributed by atoms with van der Waals surface area (Å²) in [6.07, 6.45) is 2.55. The van der Waals surface area contributed by atoms with Crippen molar-refractivity contribution in [1.82, 2.24) is 20.2 Å². The van der Waals surface area contributed by atoms with E-state index in [2.05, 4.69) is 27.6 Å². The molecule has 0 saturated carbocycles. The number of carbonyl (C=O) groups excluding carboxylic acids is 1. The molecule has 0 aliphatic heterocycles. The maximum atomic E-state index is 12.3. The third-order valence-electron chi connectivity index (χ3n) is 4.76. The van der Waals surface area contributed by atoms with Gasteiger partial charge >= 0.3 is 0 Å². The predicted octanol–water partition coefficient (Wildman–Crippen LogP) is 4.01. The van der Waals surface area contributed by atoms with E-state index in [1.54, 1.807) is 20.4 Å². The van der Waals surface area contributed by atoms with Gasteiger partial charge in [0, 0.05) is 12.1 Å². The second-order valence-electron chi connectivity index (χ2n) is 7.12. The zero-order valence-corrected chi connectivity index (χ0v) is 20.6. The normalized spacial score (nSPS) is 10.9. The topological polar surface area (TPSA) is 99.9 Å². The van der Waals surface area contributed by atoms with Crippen LogP contribution in [0.4, 0.5) is 0 Å². The Kier molecular flexibility index (Phi) is 9.33. The largest absolute Gasteiger partial charge is 0.494 e. The van der Waals surface area contributed by atoms with Gasteiger partial charge in [-0.3, -0.25) is 4.79 Å². The first-order valence-corrected chi connectivity index (χ1v) is 11.9. The summed E-state index contributed by atoms with van der Waals surface area (Å²) in [6.45, 7) is 5.39. The van der Waals surface area contributed by atoms with Crippen LogP contribution in [0.15, 0.2) is 52.7 Å². The maximum Gasteiger partial charge on any atom is 0.250 e. The Morgan fingerprint density at radius 1 is 1.09 bits per heavy atom. The number of hydrogen-bond acceptors (Lipinski definition) is 8. The fraction of sp³-hybridized carbons (Fsp3) is 0.333. The molecular weight excluding hydrogens is 454 g/mol. The van der Waals surface area contributed by atoms with Gasteiger partial charge in [0.25, 0.3) is 5.91 Å². The summed E-state index contributed by atoms with van der Waals surface area (Å²) in [5, 5.41) is 13.3. The van der Waals surface area contributed by atoms with Crippen LogP contribution in [0.3, 0.4) is 0 Å². The van der Waals surface area contributed by atoms with Gasteiger partial charge in [-0.25, -0.2) is 5.43 Å². The van der Waals surface area contributed by atoms with Crippen molar-refractivity contribution in [2.24, 2.45) is 5.10 Å². The van der Waals surface area contributed by atoms with Gasteiger partial charge in [0.1, 0.15) is 5.75 Å². The second-order valence-corrected chi connectivity index (χ2v) is 8.06. The zero-order chi connectivity index (χ0) is 24.3. The quantitative estimate of drug-likeness (QED) is 0.236. The molecule has 3 aromatic rings. The van der Waals surface area contributed by atoms with Crippen molar-refractivity contribution >= 4 is 23.9 Å². The fourth-order valence-corrected chi connectivity index (χ4v) is 3.88. The molecule has 0 bridgehead atoms. The lowest BCUT2D eigenvalue weighted by molar-refractivity contribution is -0.118. The molecule has 180 valence electrons. The van der Waals surface area contributed by atoms with E-state index in [1.165, 1.54) is 11.8 Å². The van der Waals surface area contributed by atoms with Gasteiger partial charge in [-0.1, -0.05) is 18.7 Å². The van der Waals surface area contributed by atoms with Crippen LogP contribution in [-0.2, 0) is 11.3 Å². The van der Waals surface area contributed by atoms with E-state index < -0.39 is 0 Å². The first-order chi connectivity index (χ1) is 16.6. The number of hydrogen-bond donors (Lipinski definition) is 1. The molecule has 34 heavy (non-hydrogen) atoms. The van der Waals surface area contributed by atoms with Gasteiger partial charge in [-0.05, 0) is 61.4 Å². The predicted molar refractivity (Wildman–Crippen MR) is 133 cm³/mol. The Hall–Kier alpha value is -3.53. The molecule has 1 aromatic heterocycles. The van der Waals surface area contributed by atoms with E-state index in [1.807, 2.05) is 54.0 Å². The Bertz CT molecular complexity index is 1120. The summed E-state index contributed by atoms with van der Waals surface area (Å²) in [4.78, 5) is 12.3. The highest BCUT2D eigenvalue weighted by molar-refractivity contribution is 7.99. The highest BCUT2D eigenvalue weighted by Gasteiger charge is 2.16. The molecule has 0 spiro atoms. The van der Waals surface area contributed by atoms with Crippen LogP contribution >= 0.6 is 11.8 Å². The van der Waals surface area contributed by atoms with Gasteiger partial charge in [0.15, 0.2) is 22.5 Å². The molecule has 0 aliphatic carbocycles. The van der Waals surface area contributed by atoms with Crippen LogP contribution in [0.5, 0.6) is 17.2 Å². The number of thioether (sulfide) groups is 1. The molecule has 0 atom stereocenters. The minimum atomic E-state index is -0.234. The van der Waals surface area contributed by atoms with Gasteiger partial charge in [-0.2, -0.15) is 5.10 Å². The van der Waals surface area contributed by atoms with E-state index >= 15 is 0 Å². The van der Waals surface area contributed by atoms with Gasteiger partial charge < -0.3 is 18.8 Å². The number of amides is 1. The zero-order valence-electron chi connectivity index (χ0n) is 19.8. The highest BCUT2D eigenvalue weighted by Crippen LogP contribution is 2.32. The first-order valence-electron chi connectivity index (χ1n) is 10.9. The number of nitrogens with one attached hydrogen (secondary N) is 1. The number of carbonyl (C=O) groups is 1. The van der Waals surface area contributed by atoms with Gasteiger partial charge in [0.05, 0.1) is 32.8 Å². The summed E-state index contributed by atoms with van der Waals surface area (Å²) in [7, 11) is 3.18. The molecule has 1 amide bonds. The van der Waals surface area contributed by atoms with Gasteiger partial charge in [-0.15, -0.1) is 10.2 Å². The Morgan fingerprint density at radius 3 is 2.53 bits per heavy atom. The van der Waals surface area contributed by atoms with Crippen molar-refractivity contribution in [3.05, 3.63) is 48.0 Å². The molecule has 0 fully saturated rings. The molecule has 3 rings (SSSR count). The average molecular weight is 484 g/mol. The summed E-state index contributed by atoms with van der Waals surface area (Å²) >= 11 is 1.30. The molecule has 1 heterocycles. The van der Waals surface area contributed by atoms with E-state index in [9.17, 15) is 4.79 Å². The molecule has 1 N–H and O–H groups in total. The van der Waals surface area contributed by atoms with Crippen LogP contribution in [0, 0.1) is 0 Å². The molecule has 0 saturated heterocycles. The molecule has 9 nitrogen and oxygen atoms in total. The van der Waals surface area contributed by atoms with E-state index in [0.29, 0.717) is 35.6 Å². The Balaban J connectivity index is 1.58. The van der Waals surface area contributed by atoms with E-state index in [4.69, 9.17) is 14.2 Å². The van der Waals surface area contributed by atoms with E-state index in [-0.39, 0.29) is 11.7 Å². The van der Waals surface area contributed by atoms with Crippen LogP contribution in [0.2, 0.25) is 0 Å². The average Bonchev–Trinajstić information content (AvgIpc) is 3.29. The lowest BCUT2D eigenvalue weighted by atomic mass is 10.2.